The summed E-state index contributed by atoms with van der Waals surface area (Å²) in [6, 6.07) is 8.63. The number of carboxylic acids is 1. The fourth-order valence-corrected chi connectivity index (χ4v) is 4.03. The van der Waals surface area contributed by atoms with Gasteiger partial charge in [-0.2, -0.15) is 0 Å². The molecule has 3 amide bonds. The zero-order chi connectivity index (χ0) is 20.1. The van der Waals surface area contributed by atoms with Crippen molar-refractivity contribution in [1.29, 1.82) is 0 Å². The summed E-state index contributed by atoms with van der Waals surface area (Å²) in [6.07, 6.45) is 1.73. The highest BCUT2D eigenvalue weighted by Gasteiger charge is 2.40. The van der Waals surface area contributed by atoms with Crippen LogP contribution < -0.4 is 5.32 Å². The van der Waals surface area contributed by atoms with Crippen LogP contribution in [-0.2, 0) is 14.3 Å². The molecule has 1 aromatic rings. The summed E-state index contributed by atoms with van der Waals surface area (Å²) in [5, 5.41) is 12.0. The minimum atomic E-state index is -0.924. The summed E-state index contributed by atoms with van der Waals surface area (Å²) in [4.78, 5) is 40.1. The van der Waals surface area contributed by atoms with Gasteiger partial charge in [0, 0.05) is 38.5 Å². The van der Waals surface area contributed by atoms with Gasteiger partial charge >= 0.3 is 12.0 Å². The first-order valence-electron chi connectivity index (χ1n) is 9.64. The molecule has 2 aliphatic rings. The average molecular weight is 389 g/mol. The maximum atomic E-state index is 13.1. The molecule has 3 unspecified atom stereocenters. The lowest BCUT2D eigenvalue weighted by Crippen LogP contribution is -2.49. The Bertz CT molecular complexity index is 711. The number of ether oxygens (including phenoxy) is 1. The number of urea groups is 1. The van der Waals surface area contributed by atoms with Crippen molar-refractivity contribution >= 4 is 23.6 Å². The number of nitrogens with one attached hydrogen (secondary N) is 1. The van der Waals surface area contributed by atoms with E-state index in [9.17, 15) is 14.4 Å². The summed E-state index contributed by atoms with van der Waals surface area (Å²) in [6.45, 7) is 1.34. The molecule has 2 heterocycles. The number of hydrogen-bond donors (Lipinski definition) is 2. The molecule has 2 saturated heterocycles. The molecule has 8 heteroatoms. The van der Waals surface area contributed by atoms with Gasteiger partial charge in [0.05, 0.1) is 18.4 Å². The van der Waals surface area contributed by atoms with Gasteiger partial charge in [-0.05, 0) is 31.4 Å². The zero-order valence-electron chi connectivity index (χ0n) is 16.0. The van der Waals surface area contributed by atoms with E-state index in [2.05, 4.69) is 5.32 Å². The number of anilines is 1. The number of likely N-dealkylation sites (tertiary alicyclic amines) is 2. The lowest BCUT2D eigenvalue weighted by atomic mass is 9.96. The molecular formula is C20H27N3O5. The van der Waals surface area contributed by atoms with Gasteiger partial charge in [0.15, 0.2) is 0 Å². The van der Waals surface area contributed by atoms with Crippen molar-refractivity contribution < 1.29 is 24.2 Å². The van der Waals surface area contributed by atoms with Crippen LogP contribution in [0.2, 0.25) is 0 Å². The van der Waals surface area contributed by atoms with Crippen molar-refractivity contribution in [1.82, 2.24) is 9.80 Å². The molecular weight excluding hydrogens is 362 g/mol. The quantitative estimate of drug-likeness (QED) is 0.803. The maximum absolute atomic E-state index is 13.1. The number of amides is 3. The Kier molecular flexibility index (Phi) is 6.51. The lowest BCUT2D eigenvalue weighted by Gasteiger charge is -2.35. The van der Waals surface area contributed by atoms with Gasteiger partial charge in [0.1, 0.15) is 0 Å². The van der Waals surface area contributed by atoms with Crippen LogP contribution in [0.15, 0.2) is 30.3 Å². The van der Waals surface area contributed by atoms with Gasteiger partial charge in [-0.15, -0.1) is 0 Å². The Labute approximate surface area is 164 Å². The zero-order valence-corrected chi connectivity index (χ0v) is 16.0. The highest BCUT2D eigenvalue weighted by Crippen LogP contribution is 2.28. The predicted octanol–water partition coefficient (Wildman–Crippen LogP) is 2.02. The average Bonchev–Trinajstić information content (AvgIpc) is 3.10. The Balaban J connectivity index is 1.63. The van der Waals surface area contributed by atoms with Crippen LogP contribution in [0.4, 0.5) is 10.5 Å². The summed E-state index contributed by atoms with van der Waals surface area (Å²) < 4.78 is 5.36. The molecule has 2 aliphatic heterocycles. The van der Waals surface area contributed by atoms with Crippen molar-refractivity contribution in [3.05, 3.63) is 30.3 Å². The van der Waals surface area contributed by atoms with Crippen molar-refractivity contribution in [2.24, 2.45) is 5.92 Å². The molecule has 0 bridgehead atoms. The van der Waals surface area contributed by atoms with Crippen LogP contribution in [0.1, 0.15) is 25.7 Å². The van der Waals surface area contributed by atoms with Gasteiger partial charge in [0.25, 0.3) is 0 Å². The second kappa shape index (κ2) is 9.05. The van der Waals surface area contributed by atoms with Gasteiger partial charge < -0.3 is 25.0 Å². The van der Waals surface area contributed by atoms with Crippen LogP contribution in [0.3, 0.4) is 0 Å². The first-order valence-corrected chi connectivity index (χ1v) is 9.64. The monoisotopic (exact) mass is 389 g/mol. The van der Waals surface area contributed by atoms with Crippen molar-refractivity contribution in [2.45, 2.75) is 37.8 Å². The van der Waals surface area contributed by atoms with Crippen LogP contribution in [0.5, 0.6) is 0 Å². The third-order valence-electron chi connectivity index (χ3n) is 5.49. The number of para-hydroxylation sites is 1. The first-order chi connectivity index (χ1) is 13.5. The van der Waals surface area contributed by atoms with E-state index in [1.165, 1.54) is 0 Å². The highest BCUT2D eigenvalue weighted by molar-refractivity contribution is 5.90. The van der Waals surface area contributed by atoms with E-state index in [0.29, 0.717) is 38.2 Å². The Morgan fingerprint density at radius 1 is 1.21 bits per heavy atom. The second-order valence-corrected chi connectivity index (χ2v) is 7.42. The third-order valence-corrected chi connectivity index (χ3v) is 5.49. The molecule has 0 aromatic heterocycles. The van der Waals surface area contributed by atoms with E-state index < -0.39 is 5.97 Å². The number of carbonyl (C=O) groups excluding carboxylic acids is 2. The van der Waals surface area contributed by atoms with Crippen LogP contribution in [0.25, 0.3) is 0 Å². The number of aliphatic carboxylic acids is 1. The number of carbonyl (C=O) groups is 3. The number of piperidine rings is 1. The standard InChI is InChI=1S/C20H27N3O5/c1-28-17-10-16(11-18(24)25)23(13-17)19(26)14-6-5-9-22(12-14)20(27)21-15-7-3-2-4-8-15/h2-4,7-8,14,16-17H,5-6,9-13H2,1H3,(H,21,27)(H,24,25). The molecule has 0 saturated carbocycles. The molecule has 2 fully saturated rings. The number of carboxylic acid groups (broad SMARTS) is 1. The smallest absolute Gasteiger partial charge is 0.321 e. The van der Waals surface area contributed by atoms with Crippen LogP contribution in [0, 0.1) is 5.92 Å². The molecule has 2 N–H and O–H groups in total. The van der Waals surface area contributed by atoms with Gasteiger partial charge in [-0.25, -0.2) is 4.79 Å². The molecule has 0 spiro atoms. The SMILES string of the molecule is COC1CC(CC(=O)O)N(C(=O)C2CCCN(C(=O)Nc3ccccc3)C2)C1. The van der Waals surface area contributed by atoms with Gasteiger partial charge in [-0.3, -0.25) is 9.59 Å². The molecule has 152 valence electrons. The molecule has 0 radical (unpaired) electrons. The van der Waals surface area contributed by atoms with Gasteiger partial charge in [-0.1, -0.05) is 18.2 Å². The largest absolute Gasteiger partial charge is 0.481 e. The van der Waals surface area contributed by atoms with E-state index in [4.69, 9.17) is 9.84 Å². The summed E-state index contributed by atoms with van der Waals surface area (Å²) in [5.41, 5.74) is 0.713. The van der Waals surface area contributed by atoms with E-state index in [0.717, 1.165) is 6.42 Å². The highest BCUT2D eigenvalue weighted by atomic mass is 16.5. The lowest BCUT2D eigenvalue weighted by molar-refractivity contribution is -0.142. The van der Waals surface area contributed by atoms with E-state index in [-0.39, 0.29) is 36.4 Å². The molecule has 3 rings (SSSR count). The summed E-state index contributed by atoms with van der Waals surface area (Å²) in [5.74, 6) is -1.32. The van der Waals surface area contributed by atoms with Crippen LogP contribution in [-0.4, -0.2) is 71.7 Å². The number of hydrogen-bond acceptors (Lipinski definition) is 4. The topological polar surface area (TPSA) is 99.2 Å². The Morgan fingerprint density at radius 3 is 2.64 bits per heavy atom. The summed E-state index contributed by atoms with van der Waals surface area (Å²) >= 11 is 0. The van der Waals surface area contributed by atoms with E-state index in [1.807, 2.05) is 30.3 Å². The first kappa shape index (κ1) is 20.1. The second-order valence-electron chi connectivity index (χ2n) is 7.42. The number of rotatable bonds is 5. The molecule has 28 heavy (non-hydrogen) atoms. The molecule has 8 nitrogen and oxygen atoms in total. The van der Waals surface area contributed by atoms with Crippen molar-refractivity contribution in [3.63, 3.8) is 0 Å². The molecule has 0 aliphatic carbocycles. The number of methoxy groups -OCH3 is 1. The summed E-state index contributed by atoms with van der Waals surface area (Å²) in [7, 11) is 1.58. The maximum Gasteiger partial charge on any atom is 0.321 e. The van der Waals surface area contributed by atoms with Gasteiger partial charge in [0.2, 0.25) is 5.91 Å². The number of nitrogens with zero attached hydrogens (tertiary/aromatic N) is 2. The fourth-order valence-electron chi connectivity index (χ4n) is 4.03. The van der Waals surface area contributed by atoms with E-state index in [1.54, 1.807) is 16.9 Å². The molecule has 3 atom stereocenters. The molecule has 1 aromatic carbocycles. The number of benzene rings is 1. The normalized spacial score (nSPS) is 24.8. The Morgan fingerprint density at radius 2 is 1.96 bits per heavy atom. The van der Waals surface area contributed by atoms with Crippen molar-refractivity contribution in [3.8, 4) is 0 Å². The third kappa shape index (κ3) is 4.81. The predicted molar refractivity (Wildman–Crippen MR) is 103 cm³/mol. The van der Waals surface area contributed by atoms with Crippen molar-refractivity contribution in [2.75, 3.05) is 32.1 Å². The van der Waals surface area contributed by atoms with E-state index >= 15 is 0 Å². The van der Waals surface area contributed by atoms with Crippen LogP contribution >= 0.6 is 0 Å². The minimum absolute atomic E-state index is 0.0805. The minimum Gasteiger partial charge on any atom is -0.481 e. The Hall–Kier alpha value is -2.61. The fraction of sp³-hybridized carbons (Fsp3) is 0.550.